The Balaban J connectivity index is 0.00000289. The molecule has 0 unspecified atom stereocenters. The maximum Gasteiger partial charge on any atom is 0.294 e. The molecule has 1 aromatic heterocycles. The van der Waals surface area contributed by atoms with Crippen LogP contribution in [0.2, 0.25) is 0 Å². The third kappa shape index (κ3) is 6.33. The SMILES string of the molecule is Cl.N[C@@H](Cc1cscn1)C(=O)NCCO[N+](=O)[O-]. The summed E-state index contributed by atoms with van der Waals surface area (Å²) in [6.45, 7) is -0.146. The summed E-state index contributed by atoms with van der Waals surface area (Å²) >= 11 is 1.42. The summed E-state index contributed by atoms with van der Waals surface area (Å²) in [6, 6.07) is -0.715. The Hall–Kier alpha value is -1.45. The second-order valence-corrected chi connectivity index (χ2v) is 3.86. The molecule has 0 aromatic carbocycles. The first-order valence-electron chi connectivity index (χ1n) is 4.77. The third-order valence-electron chi connectivity index (χ3n) is 1.85. The lowest BCUT2D eigenvalue weighted by atomic mass is 10.2. The van der Waals surface area contributed by atoms with Crippen LogP contribution in [0.25, 0.3) is 0 Å². The molecule has 0 saturated carbocycles. The topological polar surface area (TPSA) is 120 Å². The lowest BCUT2D eigenvalue weighted by Crippen LogP contribution is -2.43. The fraction of sp³-hybridized carbons (Fsp3) is 0.500. The fourth-order valence-electron chi connectivity index (χ4n) is 1.08. The monoisotopic (exact) mass is 296 g/mol. The van der Waals surface area contributed by atoms with Crippen LogP contribution in [0.3, 0.4) is 0 Å². The second-order valence-electron chi connectivity index (χ2n) is 3.14. The van der Waals surface area contributed by atoms with Crippen LogP contribution in [0.1, 0.15) is 5.69 Å². The molecule has 0 radical (unpaired) electrons. The minimum absolute atomic E-state index is 0. The van der Waals surface area contributed by atoms with E-state index in [-0.39, 0.29) is 31.5 Å². The van der Waals surface area contributed by atoms with Crippen LogP contribution in [0, 0.1) is 10.1 Å². The molecule has 0 fully saturated rings. The quantitative estimate of drug-likeness (QED) is 0.407. The molecule has 18 heavy (non-hydrogen) atoms. The molecule has 8 nitrogen and oxygen atoms in total. The first kappa shape index (κ1) is 16.6. The van der Waals surface area contributed by atoms with Crippen molar-refractivity contribution in [1.29, 1.82) is 0 Å². The van der Waals surface area contributed by atoms with E-state index in [1.165, 1.54) is 11.3 Å². The molecule has 1 atom stereocenters. The average Bonchev–Trinajstić information content (AvgIpc) is 2.76. The number of nitrogens with one attached hydrogen (secondary N) is 1. The number of amides is 1. The van der Waals surface area contributed by atoms with Gasteiger partial charge in [-0.2, -0.15) is 0 Å². The number of nitrogens with two attached hydrogens (primary N) is 1. The van der Waals surface area contributed by atoms with Gasteiger partial charge in [-0.05, 0) is 0 Å². The first-order chi connectivity index (χ1) is 8.09. The van der Waals surface area contributed by atoms with Gasteiger partial charge < -0.3 is 15.9 Å². The van der Waals surface area contributed by atoms with E-state index < -0.39 is 11.1 Å². The van der Waals surface area contributed by atoms with Gasteiger partial charge in [0.2, 0.25) is 5.91 Å². The Labute approximate surface area is 113 Å². The van der Waals surface area contributed by atoms with E-state index in [1.807, 2.05) is 5.38 Å². The zero-order chi connectivity index (χ0) is 12.7. The number of halogens is 1. The Morgan fingerprint density at radius 1 is 1.72 bits per heavy atom. The van der Waals surface area contributed by atoms with Gasteiger partial charge in [-0.3, -0.25) is 4.79 Å². The van der Waals surface area contributed by atoms with Gasteiger partial charge >= 0.3 is 0 Å². The van der Waals surface area contributed by atoms with Crippen molar-refractivity contribution in [2.45, 2.75) is 12.5 Å². The van der Waals surface area contributed by atoms with Crippen molar-refractivity contribution in [1.82, 2.24) is 10.3 Å². The predicted molar refractivity (Wildman–Crippen MR) is 67.0 cm³/mol. The number of aromatic nitrogens is 1. The number of carbonyl (C=O) groups excluding carboxylic acids is 1. The lowest BCUT2D eigenvalue weighted by molar-refractivity contribution is -0.757. The zero-order valence-electron chi connectivity index (χ0n) is 9.27. The maximum absolute atomic E-state index is 11.4. The van der Waals surface area contributed by atoms with Crippen LogP contribution in [0.15, 0.2) is 10.9 Å². The van der Waals surface area contributed by atoms with Gasteiger partial charge in [0, 0.05) is 18.3 Å². The van der Waals surface area contributed by atoms with Crippen molar-refractivity contribution in [2.75, 3.05) is 13.2 Å². The van der Waals surface area contributed by atoms with Gasteiger partial charge in [-0.15, -0.1) is 33.9 Å². The highest BCUT2D eigenvalue weighted by Gasteiger charge is 2.14. The van der Waals surface area contributed by atoms with E-state index in [0.29, 0.717) is 6.42 Å². The van der Waals surface area contributed by atoms with Gasteiger partial charge in [-0.25, -0.2) is 4.98 Å². The molecule has 1 heterocycles. The van der Waals surface area contributed by atoms with E-state index in [9.17, 15) is 14.9 Å². The molecule has 0 aliphatic carbocycles. The van der Waals surface area contributed by atoms with Crippen LogP contribution in [0.5, 0.6) is 0 Å². The molecular formula is C8H13ClN4O4S. The van der Waals surface area contributed by atoms with Gasteiger partial charge in [0.05, 0.1) is 17.2 Å². The number of thiazole rings is 1. The molecular weight excluding hydrogens is 284 g/mol. The van der Waals surface area contributed by atoms with E-state index in [0.717, 1.165) is 5.69 Å². The summed E-state index contributed by atoms with van der Waals surface area (Å²) in [5.74, 6) is -0.384. The highest BCUT2D eigenvalue weighted by atomic mass is 35.5. The molecule has 10 heteroatoms. The second kappa shape index (κ2) is 8.61. The van der Waals surface area contributed by atoms with E-state index in [4.69, 9.17) is 5.73 Å². The number of rotatable bonds is 7. The summed E-state index contributed by atoms with van der Waals surface area (Å²) < 4.78 is 0. The summed E-state index contributed by atoms with van der Waals surface area (Å²) in [7, 11) is 0. The van der Waals surface area contributed by atoms with Crippen molar-refractivity contribution in [2.24, 2.45) is 5.73 Å². The van der Waals surface area contributed by atoms with Gasteiger partial charge in [0.25, 0.3) is 5.09 Å². The summed E-state index contributed by atoms with van der Waals surface area (Å²) in [6.07, 6.45) is 0.339. The fourth-order valence-corrected chi connectivity index (χ4v) is 1.65. The molecule has 1 rings (SSSR count). The molecule has 1 aromatic rings. The summed E-state index contributed by atoms with van der Waals surface area (Å²) in [5, 5.41) is 13.2. The van der Waals surface area contributed by atoms with Crippen molar-refractivity contribution in [3.63, 3.8) is 0 Å². The average molecular weight is 297 g/mol. The largest absolute Gasteiger partial charge is 0.353 e. The Bertz CT molecular complexity index is 375. The molecule has 0 saturated heterocycles. The molecule has 1 amide bonds. The lowest BCUT2D eigenvalue weighted by Gasteiger charge is -2.10. The summed E-state index contributed by atoms with van der Waals surface area (Å²) in [4.78, 5) is 29.3. The Morgan fingerprint density at radius 3 is 3.00 bits per heavy atom. The number of hydrogen-bond acceptors (Lipinski definition) is 7. The van der Waals surface area contributed by atoms with Crippen molar-refractivity contribution in [3.05, 3.63) is 26.7 Å². The molecule has 3 N–H and O–H groups in total. The van der Waals surface area contributed by atoms with E-state index in [1.54, 1.807) is 5.51 Å². The standard InChI is InChI=1S/C8H12N4O4S.ClH/c9-7(3-6-4-17-5-11-6)8(13)10-1-2-16-12(14)15;/h4-5,7H,1-3,9H2,(H,10,13);1H/t7-;/m0./s1. The smallest absolute Gasteiger partial charge is 0.294 e. The van der Waals surface area contributed by atoms with Crippen molar-refractivity contribution >= 4 is 29.7 Å². The highest BCUT2D eigenvalue weighted by molar-refractivity contribution is 7.07. The number of carbonyl (C=O) groups is 1. The van der Waals surface area contributed by atoms with E-state index >= 15 is 0 Å². The van der Waals surface area contributed by atoms with Crippen LogP contribution >= 0.6 is 23.7 Å². The minimum atomic E-state index is -0.915. The Morgan fingerprint density at radius 2 is 2.44 bits per heavy atom. The summed E-state index contributed by atoms with van der Waals surface area (Å²) in [5.41, 5.74) is 8.04. The van der Waals surface area contributed by atoms with Gasteiger partial charge in [0.15, 0.2) is 0 Å². The van der Waals surface area contributed by atoms with Crippen molar-refractivity contribution in [3.8, 4) is 0 Å². The predicted octanol–water partition coefficient (Wildman–Crippen LogP) is -0.241. The number of nitrogens with zero attached hydrogens (tertiary/aromatic N) is 2. The van der Waals surface area contributed by atoms with Crippen LogP contribution in [-0.2, 0) is 16.1 Å². The first-order valence-corrected chi connectivity index (χ1v) is 5.71. The Kier molecular flexibility index (Phi) is 7.92. The van der Waals surface area contributed by atoms with Gasteiger partial charge in [0.1, 0.15) is 6.61 Å². The molecule has 0 spiro atoms. The van der Waals surface area contributed by atoms with E-state index in [2.05, 4.69) is 15.1 Å². The van der Waals surface area contributed by atoms with Crippen LogP contribution < -0.4 is 11.1 Å². The van der Waals surface area contributed by atoms with Crippen LogP contribution in [-0.4, -0.2) is 35.2 Å². The van der Waals surface area contributed by atoms with Gasteiger partial charge in [-0.1, -0.05) is 0 Å². The number of hydrogen-bond donors (Lipinski definition) is 2. The molecule has 102 valence electrons. The molecule has 0 aliphatic rings. The highest BCUT2D eigenvalue weighted by Crippen LogP contribution is 2.03. The zero-order valence-corrected chi connectivity index (χ0v) is 10.9. The maximum atomic E-state index is 11.4. The molecule has 0 aliphatic heterocycles. The van der Waals surface area contributed by atoms with Crippen molar-refractivity contribution < 1.29 is 14.7 Å². The molecule has 0 bridgehead atoms. The third-order valence-corrected chi connectivity index (χ3v) is 2.48. The van der Waals surface area contributed by atoms with Crippen LogP contribution in [0.4, 0.5) is 0 Å². The minimum Gasteiger partial charge on any atom is -0.353 e. The normalized spacial score (nSPS) is 11.2.